The zero-order valence-corrected chi connectivity index (χ0v) is 13.7. The molecule has 5 heteroatoms. The van der Waals surface area contributed by atoms with Crippen molar-refractivity contribution in [2.45, 2.75) is 45.9 Å². The SMILES string of the molecule is C[C@H]1C(=O)N(Cc2ccccc2)CCN1C(=O)OC(C)(C)C. The van der Waals surface area contributed by atoms with Gasteiger partial charge in [0.2, 0.25) is 5.91 Å². The van der Waals surface area contributed by atoms with E-state index in [-0.39, 0.29) is 5.91 Å². The summed E-state index contributed by atoms with van der Waals surface area (Å²) in [4.78, 5) is 28.0. The van der Waals surface area contributed by atoms with Crippen molar-refractivity contribution in [2.24, 2.45) is 0 Å². The van der Waals surface area contributed by atoms with E-state index in [1.54, 1.807) is 11.8 Å². The smallest absolute Gasteiger partial charge is 0.411 e. The third kappa shape index (κ3) is 4.00. The molecule has 1 aliphatic heterocycles. The maximum Gasteiger partial charge on any atom is 0.411 e. The molecule has 5 nitrogen and oxygen atoms in total. The lowest BCUT2D eigenvalue weighted by atomic mass is 10.1. The van der Waals surface area contributed by atoms with Crippen LogP contribution in [0.3, 0.4) is 0 Å². The number of piperazine rings is 1. The van der Waals surface area contributed by atoms with Gasteiger partial charge in [-0.1, -0.05) is 30.3 Å². The second-order valence-electron chi connectivity index (χ2n) is 6.60. The Bertz CT molecular complexity index is 537. The van der Waals surface area contributed by atoms with Crippen LogP contribution in [0.25, 0.3) is 0 Å². The highest BCUT2D eigenvalue weighted by molar-refractivity contribution is 5.86. The van der Waals surface area contributed by atoms with Gasteiger partial charge < -0.3 is 9.64 Å². The zero-order chi connectivity index (χ0) is 16.3. The van der Waals surface area contributed by atoms with E-state index >= 15 is 0 Å². The van der Waals surface area contributed by atoms with Crippen LogP contribution in [0.15, 0.2) is 30.3 Å². The number of rotatable bonds is 2. The summed E-state index contributed by atoms with van der Waals surface area (Å²) >= 11 is 0. The minimum atomic E-state index is -0.555. The lowest BCUT2D eigenvalue weighted by Crippen LogP contribution is -2.57. The Hall–Kier alpha value is -2.04. The molecule has 1 aromatic carbocycles. The maximum atomic E-state index is 12.5. The zero-order valence-electron chi connectivity index (χ0n) is 13.7. The first-order valence-corrected chi connectivity index (χ1v) is 7.60. The third-order valence-corrected chi connectivity index (χ3v) is 3.59. The second kappa shape index (κ2) is 6.38. The number of benzene rings is 1. The Kier molecular flexibility index (Phi) is 4.74. The van der Waals surface area contributed by atoms with E-state index in [0.717, 1.165) is 5.56 Å². The van der Waals surface area contributed by atoms with Gasteiger partial charge in [-0.3, -0.25) is 9.69 Å². The van der Waals surface area contributed by atoms with Crippen molar-refractivity contribution in [3.05, 3.63) is 35.9 Å². The molecule has 0 N–H and O–H groups in total. The number of hydrogen-bond donors (Lipinski definition) is 0. The van der Waals surface area contributed by atoms with Gasteiger partial charge in [-0.15, -0.1) is 0 Å². The van der Waals surface area contributed by atoms with Crippen LogP contribution in [0, 0.1) is 0 Å². The van der Waals surface area contributed by atoms with Crippen LogP contribution in [0.5, 0.6) is 0 Å². The average Bonchev–Trinajstić information content (AvgIpc) is 2.43. The van der Waals surface area contributed by atoms with Gasteiger partial charge in [0.15, 0.2) is 0 Å². The Labute approximate surface area is 131 Å². The molecular weight excluding hydrogens is 280 g/mol. The van der Waals surface area contributed by atoms with Crippen LogP contribution in [0.4, 0.5) is 4.79 Å². The molecule has 120 valence electrons. The van der Waals surface area contributed by atoms with Crippen molar-refractivity contribution < 1.29 is 14.3 Å². The monoisotopic (exact) mass is 304 g/mol. The van der Waals surface area contributed by atoms with Crippen LogP contribution < -0.4 is 0 Å². The molecule has 0 unspecified atom stereocenters. The molecule has 22 heavy (non-hydrogen) atoms. The van der Waals surface area contributed by atoms with Crippen molar-refractivity contribution in [1.29, 1.82) is 0 Å². The molecule has 0 saturated carbocycles. The molecule has 0 bridgehead atoms. The van der Waals surface area contributed by atoms with Gasteiger partial charge in [0, 0.05) is 19.6 Å². The Balaban J connectivity index is 2.00. The largest absolute Gasteiger partial charge is 0.444 e. The van der Waals surface area contributed by atoms with Crippen molar-refractivity contribution in [1.82, 2.24) is 9.80 Å². The number of ether oxygens (including phenoxy) is 1. The quantitative estimate of drug-likeness (QED) is 0.844. The van der Waals surface area contributed by atoms with Crippen LogP contribution in [0.1, 0.15) is 33.3 Å². The first-order chi connectivity index (χ1) is 10.3. The predicted octanol–water partition coefficient (Wildman–Crippen LogP) is 2.65. The molecule has 0 radical (unpaired) electrons. The van der Waals surface area contributed by atoms with Crippen molar-refractivity contribution in [3.8, 4) is 0 Å². The predicted molar refractivity (Wildman–Crippen MR) is 84.3 cm³/mol. The number of carbonyl (C=O) groups is 2. The molecule has 1 aliphatic rings. The Morgan fingerprint density at radius 1 is 1.23 bits per heavy atom. The molecule has 1 aromatic rings. The van der Waals surface area contributed by atoms with E-state index in [1.165, 1.54) is 4.90 Å². The standard InChI is InChI=1S/C17H24N2O3/c1-13-15(20)18(12-14-8-6-5-7-9-14)10-11-19(13)16(21)22-17(2,3)4/h5-9,13H,10-12H2,1-4H3/t13-/m0/s1. The summed E-state index contributed by atoms with van der Waals surface area (Å²) in [5.74, 6) is -0.0408. The fourth-order valence-corrected chi connectivity index (χ4v) is 2.46. The van der Waals surface area contributed by atoms with Gasteiger partial charge in [-0.2, -0.15) is 0 Å². The summed E-state index contributed by atoms with van der Waals surface area (Å²) in [6.45, 7) is 8.82. The van der Waals surface area contributed by atoms with Gasteiger partial charge in [0.1, 0.15) is 11.6 Å². The molecule has 2 amide bonds. The third-order valence-electron chi connectivity index (χ3n) is 3.59. The summed E-state index contributed by atoms with van der Waals surface area (Å²) in [6, 6.07) is 9.37. The summed E-state index contributed by atoms with van der Waals surface area (Å²) < 4.78 is 5.37. The average molecular weight is 304 g/mol. The molecule has 1 fully saturated rings. The number of carbonyl (C=O) groups excluding carboxylic acids is 2. The second-order valence-corrected chi connectivity index (χ2v) is 6.60. The first kappa shape index (κ1) is 16.3. The van der Waals surface area contributed by atoms with Crippen molar-refractivity contribution >= 4 is 12.0 Å². The molecule has 1 saturated heterocycles. The van der Waals surface area contributed by atoms with Gasteiger partial charge in [0.25, 0.3) is 0 Å². The van der Waals surface area contributed by atoms with Gasteiger partial charge in [-0.25, -0.2) is 4.79 Å². The lowest BCUT2D eigenvalue weighted by molar-refractivity contribution is -0.141. The maximum absolute atomic E-state index is 12.5. The van der Waals surface area contributed by atoms with E-state index in [0.29, 0.717) is 19.6 Å². The Morgan fingerprint density at radius 2 is 1.86 bits per heavy atom. The fourth-order valence-electron chi connectivity index (χ4n) is 2.46. The minimum absolute atomic E-state index is 0.0408. The highest BCUT2D eigenvalue weighted by Gasteiger charge is 2.36. The van der Waals surface area contributed by atoms with Crippen LogP contribution >= 0.6 is 0 Å². The van der Waals surface area contributed by atoms with E-state index in [9.17, 15) is 9.59 Å². The number of nitrogens with zero attached hydrogens (tertiary/aromatic N) is 2. The van der Waals surface area contributed by atoms with Crippen LogP contribution in [-0.4, -0.2) is 46.5 Å². The van der Waals surface area contributed by atoms with Crippen molar-refractivity contribution in [3.63, 3.8) is 0 Å². The summed E-state index contributed by atoms with van der Waals surface area (Å²) in [5.41, 5.74) is 0.537. The molecule has 2 rings (SSSR count). The highest BCUT2D eigenvalue weighted by atomic mass is 16.6. The van der Waals surface area contributed by atoms with Crippen LogP contribution in [-0.2, 0) is 16.1 Å². The molecule has 1 atom stereocenters. The molecule has 0 aromatic heterocycles. The highest BCUT2D eigenvalue weighted by Crippen LogP contribution is 2.18. The van der Waals surface area contributed by atoms with E-state index in [1.807, 2.05) is 51.1 Å². The van der Waals surface area contributed by atoms with Gasteiger partial charge >= 0.3 is 6.09 Å². The molecule has 0 aliphatic carbocycles. The lowest BCUT2D eigenvalue weighted by Gasteiger charge is -2.39. The normalized spacial score (nSPS) is 19.3. The molecule has 1 heterocycles. The first-order valence-electron chi connectivity index (χ1n) is 7.60. The van der Waals surface area contributed by atoms with E-state index < -0.39 is 17.7 Å². The number of amides is 2. The van der Waals surface area contributed by atoms with Gasteiger partial charge in [-0.05, 0) is 33.3 Å². The molecule has 0 spiro atoms. The minimum Gasteiger partial charge on any atom is -0.444 e. The summed E-state index contributed by atoms with van der Waals surface area (Å²) in [5, 5.41) is 0. The molecular formula is C17H24N2O3. The summed E-state index contributed by atoms with van der Waals surface area (Å²) in [7, 11) is 0. The van der Waals surface area contributed by atoms with Crippen LogP contribution in [0.2, 0.25) is 0 Å². The van der Waals surface area contributed by atoms with Gasteiger partial charge in [0.05, 0.1) is 0 Å². The van der Waals surface area contributed by atoms with Crippen molar-refractivity contribution in [2.75, 3.05) is 13.1 Å². The Morgan fingerprint density at radius 3 is 2.45 bits per heavy atom. The van der Waals surface area contributed by atoms with E-state index in [2.05, 4.69) is 0 Å². The van der Waals surface area contributed by atoms with E-state index in [4.69, 9.17) is 4.74 Å². The summed E-state index contributed by atoms with van der Waals surface area (Å²) in [6.07, 6.45) is -0.423. The number of hydrogen-bond acceptors (Lipinski definition) is 3. The fraction of sp³-hybridized carbons (Fsp3) is 0.529. The topological polar surface area (TPSA) is 49.9 Å².